The van der Waals surface area contributed by atoms with Crippen LogP contribution in [0.5, 0.6) is 11.5 Å². The van der Waals surface area contributed by atoms with Crippen molar-refractivity contribution in [2.24, 2.45) is 5.41 Å². The summed E-state index contributed by atoms with van der Waals surface area (Å²) >= 11 is 0. The van der Waals surface area contributed by atoms with Crippen molar-refractivity contribution in [1.29, 1.82) is 0 Å². The van der Waals surface area contributed by atoms with Crippen LogP contribution >= 0.6 is 0 Å². The van der Waals surface area contributed by atoms with Gasteiger partial charge in [0, 0.05) is 6.42 Å². The van der Waals surface area contributed by atoms with Gasteiger partial charge in [0.1, 0.15) is 0 Å². The number of rotatable bonds is 3. The molecule has 0 spiro atoms. The van der Waals surface area contributed by atoms with E-state index in [1.54, 1.807) is 13.8 Å². The summed E-state index contributed by atoms with van der Waals surface area (Å²) in [6.45, 7) is 6.74. The van der Waals surface area contributed by atoms with Gasteiger partial charge in [-0.05, 0) is 50.5 Å². The maximum absolute atomic E-state index is 11.2. The topological polar surface area (TPSA) is 55.8 Å². The number of carbonyl (C=O) groups is 1. The zero-order chi connectivity index (χ0) is 14.0. The zero-order valence-corrected chi connectivity index (χ0v) is 11.7. The Morgan fingerprint density at radius 3 is 2.42 bits per heavy atom. The number of aliphatic carboxylic acids is 1. The van der Waals surface area contributed by atoms with Crippen LogP contribution in [0, 0.1) is 12.3 Å². The molecule has 0 aromatic heterocycles. The van der Waals surface area contributed by atoms with Crippen molar-refractivity contribution in [2.45, 2.75) is 33.6 Å². The number of fused-ring (bicyclic) bond motifs is 1. The summed E-state index contributed by atoms with van der Waals surface area (Å²) in [4.78, 5) is 11.2. The summed E-state index contributed by atoms with van der Waals surface area (Å²) in [6.07, 6.45) is 1.34. The van der Waals surface area contributed by atoms with Gasteiger partial charge in [-0.1, -0.05) is 0 Å². The van der Waals surface area contributed by atoms with Crippen LogP contribution in [-0.4, -0.2) is 24.3 Å². The second kappa shape index (κ2) is 5.11. The van der Waals surface area contributed by atoms with Crippen molar-refractivity contribution >= 4 is 5.97 Å². The number of carboxylic acids is 1. The van der Waals surface area contributed by atoms with Gasteiger partial charge in [0.05, 0.1) is 18.6 Å². The second-order valence-electron chi connectivity index (χ2n) is 5.64. The maximum atomic E-state index is 11.2. The molecule has 0 fully saturated rings. The highest BCUT2D eigenvalue weighted by molar-refractivity contribution is 5.74. The smallest absolute Gasteiger partial charge is 0.309 e. The minimum Gasteiger partial charge on any atom is -0.490 e. The molecule has 0 unspecified atom stereocenters. The molecule has 2 rings (SSSR count). The zero-order valence-electron chi connectivity index (χ0n) is 11.7. The van der Waals surface area contributed by atoms with Crippen LogP contribution in [0.3, 0.4) is 0 Å². The Morgan fingerprint density at radius 2 is 1.84 bits per heavy atom. The van der Waals surface area contributed by atoms with Crippen LogP contribution in [0.15, 0.2) is 12.1 Å². The Morgan fingerprint density at radius 1 is 1.26 bits per heavy atom. The lowest BCUT2D eigenvalue weighted by molar-refractivity contribution is -0.146. The summed E-state index contributed by atoms with van der Waals surface area (Å²) in [7, 11) is 0. The molecule has 1 aromatic carbocycles. The molecule has 0 saturated carbocycles. The molecule has 104 valence electrons. The lowest BCUT2D eigenvalue weighted by atomic mass is 9.84. The number of hydrogen-bond acceptors (Lipinski definition) is 3. The highest BCUT2D eigenvalue weighted by atomic mass is 16.5. The fourth-order valence-electron chi connectivity index (χ4n) is 2.09. The molecule has 4 heteroatoms. The number of hydrogen-bond donors (Lipinski definition) is 1. The van der Waals surface area contributed by atoms with E-state index in [1.165, 1.54) is 0 Å². The standard InChI is InChI=1S/C15H20O4/c1-10-7-12-13(19-6-4-5-18-12)8-11(10)9-15(2,3)14(16)17/h7-8H,4-6,9H2,1-3H3,(H,16,17). The van der Waals surface area contributed by atoms with Gasteiger partial charge in [-0.25, -0.2) is 0 Å². The normalized spacial score (nSPS) is 14.9. The minimum absolute atomic E-state index is 0.477. The fourth-order valence-corrected chi connectivity index (χ4v) is 2.09. The molecular weight excluding hydrogens is 244 g/mol. The third kappa shape index (κ3) is 3.00. The molecule has 19 heavy (non-hydrogen) atoms. The third-order valence-corrected chi connectivity index (χ3v) is 3.42. The Hall–Kier alpha value is -1.71. The number of ether oxygens (including phenoxy) is 2. The summed E-state index contributed by atoms with van der Waals surface area (Å²) < 4.78 is 11.3. The second-order valence-corrected chi connectivity index (χ2v) is 5.64. The molecule has 0 saturated heterocycles. The molecule has 1 aromatic rings. The Kier molecular flexibility index (Phi) is 3.69. The molecule has 0 amide bonds. The molecule has 1 N–H and O–H groups in total. The van der Waals surface area contributed by atoms with Gasteiger partial charge in [0.15, 0.2) is 11.5 Å². The van der Waals surface area contributed by atoms with Gasteiger partial charge in [-0.3, -0.25) is 4.79 Å². The first kappa shape index (κ1) is 13.7. The predicted molar refractivity (Wildman–Crippen MR) is 71.9 cm³/mol. The SMILES string of the molecule is Cc1cc2c(cc1CC(C)(C)C(=O)O)OCCCO2. The molecule has 0 bridgehead atoms. The van der Waals surface area contributed by atoms with Gasteiger partial charge in [0.2, 0.25) is 0 Å². The van der Waals surface area contributed by atoms with Crippen LogP contribution in [0.4, 0.5) is 0 Å². The van der Waals surface area contributed by atoms with E-state index in [4.69, 9.17) is 9.47 Å². The molecule has 1 heterocycles. The van der Waals surface area contributed by atoms with Crippen molar-refractivity contribution < 1.29 is 19.4 Å². The van der Waals surface area contributed by atoms with Crippen molar-refractivity contribution in [2.75, 3.05) is 13.2 Å². The Bertz CT molecular complexity index is 491. The van der Waals surface area contributed by atoms with Crippen molar-refractivity contribution in [1.82, 2.24) is 0 Å². The van der Waals surface area contributed by atoms with E-state index in [1.807, 2.05) is 19.1 Å². The molecular formula is C15H20O4. The Balaban J connectivity index is 2.32. The minimum atomic E-state index is -0.793. The van der Waals surface area contributed by atoms with E-state index in [-0.39, 0.29) is 0 Å². The lowest BCUT2D eigenvalue weighted by Gasteiger charge is -2.21. The van der Waals surface area contributed by atoms with E-state index in [9.17, 15) is 9.90 Å². The first-order chi connectivity index (χ1) is 8.90. The lowest BCUT2D eigenvalue weighted by Crippen LogP contribution is -2.26. The molecule has 1 aliphatic rings. The van der Waals surface area contributed by atoms with Gasteiger partial charge in [-0.15, -0.1) is 0 Å². The predicted octanol–water partition coefficient (Wildman–Crippen LogP) is 2.81. The Labute approximate surface area is 113 Å². The first-order valence-electron chi connectivity index (χ1n) is 6.53. The van der Waals surface area contributed by atoms with E-state index in [0.29, 0.717) is 19.6 Å². The van der Waals surface area contributed by atoms with Crippen molar-refractivity contribution in [3.8, 4) is 11.5 Å². The fraction of sp³-hybridized carbons (Fsp3) is 0.533. The number of carboxylic acid groups (broad SMARTS) is 1. The monoisotopic (exact) mass is 264 g/mol. The first-order valence-corrected chi connectivity index (χ1v) is 6.53. The van der Waals surface area contributed by atoms with Gasteiger partial charge >= 0.3 is 5.97 Å². The highest BCUT2D eigenvalue weighted by Gasteiger charge is 2.28. The van der Waals surface area contributed by atoms with Crippen LogP contribution in [-0.2, 0) is 11.2 Å². The summed E-state index contributed by atoms with van der Waals surface area (Å²) in [6, 6.07) is 3.86. The van der Waals surface area contributed by atoms with Gasteiger partial charge in [-0.2, -0.15) is 0 Å². The maximum Gasteiger partial charge on any atom is 0.309 e. The van der Waals surface area contributed by atoms with E-state index in [2.05, 4.69) is 0 Å². The highest BCUT2D eigenvalue weighted by Crippen LogP contribution is 2.35. The molecule has 0 atom stereocenters. The molecule has 1 aliphatic heterocycles. The van der Waals surface area contributed by atoms with E-state index in [0.717, 1.165) is 29.0 Å². The summed E-state index contributed by atoms with van der Waals surface area (Å²) in [5.41, 5.74) is 1.25. The molecule has 4 nitrogen and oxygen atoms in total. The quantitative estimate of drug-likeness (QED) is 0.912. The average molecular weight is 264 g/mol. The summed E-state index contributed by atoms with van der Waals surface area (Å²) in [5.74, 6) is 0.685. The van der Waals surface area contributed by atoms with Crippen LogP contribution in [0.1, 0.15) is 31.4 Å². The van der Waals surface area contributed by atoms with Crippen LogP contribution < -0.4 is 9.47 Å². The third-order valence-electron chi connectivity index (χ3n) is 3.42. The van der Waals surface area contributed by atoms with E-state index < -0.39 is 11.4 Å². The van der Waals surface area contributed by atoms with Gasteiger partial charge in [0.25, 0.3) is 0 Å². The number of benzene rings is 1. The average Bonchev–Trinajstić information content (AvgIpc) is 2.54. The van der Waals surface area contributed by atoms with Crippen molar-refractivity contribution in [3.05, 3.63) is 23.3 Å². The largest absolute Gasteiger partial charge is 0.490 e. The number of aryl methyl sites for hydroxylation is 1. The van der Waals surface area contributed by atoms with Crippen LogP contribution in [0.25, 0.3) is 0 Å². The molecule has 0 radical (unpaired) electrons. The van der Waals surface area contributed by atoms with Crippen molar-refractivity contribution in [3.63, 3.8) is 0 Å². The summed E-state index contributed by atoms with van der Waals surface area (Å²) in [5, 5.41) is 9.22. The molecule has 0 aliphatic carbocycles. The van der Waals surface area contributed by atoms with Gasteiger partial charge < -0.3 is 14.6 Å². The van der Waals surface area contributed by atoms with Crippen LogP contribution in [0.2, 0.25) is 0 Å². The van der Waals surface area contributed by atoms with E-state index >= 15 is 0 Å².